The molecule has 0 fully saturated rings. The highest BCUT2D eigenvalue weighted by atomic mass is 127. The van der Waals surface area contributed by atoms with Gasteiger partial charge in [-0.25, -0.2) is 9.59 Å². The minimum Gasteiger partial charge on any atom is -0.462 e. The van der Waals surface area contributed by atoms with Gasteiger partial charge in [0, 0.05) is 9.77 Å². The van der Waals surface area contributed by atoms with Gasteiger partial charge in [-0.15, -0.1) is 0 Å². The van der Waals surface area contributed by atoms with Gasteiger partial charge in [0.25, 0.3) is 0 Å². The highest BCUT2D eigenvalue weighted by Gasteiger charge is 2.23. The maximum atomic E-state index is 11.6. The van der Waals surface area contributed by atoms with Crippen LogP contribution in [0.3, 0.4) is 0 Å². The second kappa shape index (κ2) is 5.88. The molecule has 0 aromatic carbocycles. The van der Waals surface area contributed by atoms with E-state index in [1.807, 2.05) is 22.6 Å². The van der Waals surface area contributed by atoms with Crippen LogP contribution in [0.5, 0.6) is 0 Å². The predicted octanol–water partition coefficient (Wildman–Crippen LogP) is 1.97. The van der Waals surface area contributed by atoms with Crippen LogP contribution in [0.25, 0.3) is 0 Å². The molecule has 1 aromatic rings. The average molecular weight is 337 g/mol. The SMILES string of the molecule is CCOC(=O)c1[nH]cc(I)c1C(=O)OCC. The largest absolute Gasteiger partial charge is 0.462 e. The average Bonchev–Trinajstić information content (AvgIpc) is 2.61. The summed E-state index contributed by atoms with van der Waals surface area (Å²) in [6, 6.07) is 0. The van der Waals surface area contributed by atoms with Gasteiger partial charge in [-0.1, -0.05) is 0 Å². The molecule has 5 nitrogen and oxygen atoms in total. The molecule has 0 atom stereocenters. The van der Waals surface area contributed by atoms with Crippen molar-refractivity contribution in [2.75, 3.05) is 13.2 Å². The van der Waals surface area contributed by atoms with Crippen LogP contribution in [0.1, 0.15) is 34.7 Å². The van der Waals surface area contributed by atoms with Crippen LogP contribution < -0.4 is 0 Å². The van der Waals surface area contributed by atoms with E-state index < -0.39 is 11.9 Å². The molecular weight excluding hydrogens is 325 g/mol. The molecular formula is C10H12INO4. The molecule has 0 aliphatic heterocycles. The number of esters is 2. The molecule has 0 unspecified atom stereocenters. The van der Waals surface area contributed by atoms with Gasteiger partial charge < -0.3 is 14.5 Å². The lowest BCUT2D eigenvalue weighted by Gasteiger charge is -2.04. The third kappa shape index (κ3) is 2.75. The first-order valence-corrected chi connectivity index (χ1v) is 5.90. The molecule has 1 heterocycles. The first kappa shape index (κ1) is 13.0. The summed E-state index contributed by atoms with van der Waals surface area (Å²) in [7, 11) is 0. The third-order valence-corrected chi connectivity index (χ3v) is 2.64. The molecule has 1 N–H and O–H groups in total. The maximum Gasteiger partial charge on any atom is 0.355 e. The number of hydrogen-bond acceptors (Lipinski definition) is 4. The van der Waals surface area contributed by atoms with E-state index in [-0.39, 0.29) is 24.5 Å². The summed E-state index contributed by atoms with van der Waals surface area (Å²) >= 11 is 1.96. The van der Waals surface area contributed by atoms with Gasteiger partial charge in [-0.3, -0.25) is 0 Å². The molecule has 0 amide bonds. The Kier molecular flexibility index (Phi) is 4.78. The molecule has 0 aliphatic carbocycles. The number of carbonyl (C=O) groups excluding carboxylic acids is 2. The number of ether oxygens (including phenoxy) is 2. The molecule has 0 radical (unpaired) electrons. The number of carbonyl (C=O) groups is 2. The minimum absolute atomic E-state index is 0.143. The van der Waals surface area contributed by atoms with Crippen LogP contribution in [0, 0.1) is 3.57 Å². The molecule has 88 valence electrons. The van der Waals surface area contributed by atoms with Crippen LogP contribution in [0.15, 0.2) is 6.20 Å². The third-order valence-electron chi connectivity index (χ3n) is 1.79. The van der Waals surface area contributed by atoms with Crippen molar-refractivity contribution in [3.63, 3.8) is 0 Å². The Labute approximate surface area is 107 Å². The summed E-state index contributed by atoms with van der Waals surface area (Å²) in [5, 5.41) is 0. The lowest BCUT2D eigenvalue weighted by Crippen LogP contribution is -2.13. The zero-order chi connectivity index (χ0) is 12.1. The summed E-state index contributed by atoms with van der Waals surface area (Å²) < 4.78 is 10.3. The monoisotopic (exact) mass is 337 g/mol. The molecule has 0 saturated carbocycles. The van der Waals surface area contributed by atoms with Gasteiger partial charge in [0.2, 0.25) is 0 Å². The zero-order valence-corrected chi connectivity index (χ0v) is 11.2. The number of rotatable bonds is 4. The van der Waals surface area contributed by atoms with Crippen LogP contribution >= 0.6 is 22.6 Å². The summed E-state index contributed by atoms with van der Waals surface area (Å²) in [4.78, 5) is 25.8. The number of aromatic nitrogens is 1. The Balaban J connectivity index is 3.02. The topological polar surface area (TPSA) is 68.4 Å². The second-order valence-electron chi connectivity index (χ2n) is 2.83. The lowest BCUT2D eigenvalue weighted by atomic mass is 10.2. The van der Waals surface area contributed by atoms with Crippen molar-refractivity contribution in [1.82, 2.24) is 4.98 Å². The number of aromatic amines is 1. The van der Waals surface area contributed by atoms with E-state index in [9.17, 15) is 9.59 Å². The fourth-order valence-electron chi connectivity index (χ4n) is 1.17. The molecule has 1 rings (SSSR count). The van der Waals surface area contributed by atoms with Crippen LogP contribution in [0.4, 0.5) is 0 Å². The molecule has 0 bridgehead atoms. The van der Waals surface area contributed by atoms with Gasteiger partial charge in [-0.2, -0.15) is 0 Å². The molecule has 0 spiro atoms. The Morgan fingerprint density at radius 1 is 1.25 bits per heavy atom. The van der Waals surface area contributed by atoms with Crippen molar-refractivity contribution >= 4 is 34.5 Å². The Hall–Kier alpha value is -1.05. The fourth-order valence-corrected chi connectivity index (χ4v) is 1.81. The highest BCUT2D eigenvalue weighted by molar-refractivity contribution is 14.1. The summed E-state index contributed by atoms with van der Waals surface area (Å²) in [5.74, 6) is -1.07. The van der Waals surface area contributed by atoms with Crippen LogP contribution in [0.2, 0.25) is 0 Å². The number of hydrogen-bond donors (Lipinski definition) is 1. The van der Waals surface area contributed by atoms with Gasteiger partial charge in [0.05, 0.1) is 13.2 Å². The van der Waals surface area contributed by atoms with Crippen molar-refractivity contribution in [3.8, 4) is 0 Å². The Morgan fingerprint density at radius 2 is 1.81 bits per heavy atom. The first-order chi connectivity index (χ1) is 7.61. The molecule has 6 heteroatoms. The highest BCUT2D eigenvalue weighted by Crippen LogP contribution is 2.18. The van der Waals surface area contributed by atoms with Gasteiger partial charge >= 0.3 is 11.9 Å². The predicted molar refractivity (Wildman–Crippen MR) is 65.4 cm³/mol. The molecule has 0 aliphatic rings. The molecule has 0 saturated heterocycles. The van der Waals surface area contributed by atoms with E-state index in [2.05, 4.69) is 4.98 Å². The quantitative estimate of drug-likeness (QED) is 0.674. The number of nitrogens with one attached hydrogen (secondary N) is 1. The van der Waals surface area contributed by atoms with E-state index >= 15 is 0 Å². The minimum atomic E-state index is -0.548. The van der Waals surface area contributed by atoms with E-state index in [0.717, 1.165) is 0 Å². The van der Waals surface area contributed by atoms with Crippen molar-refractivity contribution in [1.29, 1.82) is 0 Å². The van der Waals surface area contributed by atoms with Gasteiger partial charge in [0.15, 0.2) is 0 Å². The van der Waals surface area contributed by atoms with E-state index in [0.29, 0.717) is 3.57 Å². The second-order valence-corrected chi connectivity index (χ2v) is 3.99. The normalized spacial score (nSPS) is 9.94. The Bertz CT molecular complexity index is 400. The van der Waals surface area contributed by atoms with E-state index in [1.165, 1.54) is 0 Å². The zero-order valence-electron chi connectivity index (χ0n) is 9.00. The number of H-pyrrole nitrogens is 1. The number of halogens is 1. The van der Waals surface area contributed by atoms with Crippen LogP contribution in [-0.2, 0) is 9.47 Å². The van der Waals surface area contributed by atoms with Crippen molar-refractivity contribution in [2.45, 2.75) is 13.8 Å². The standard InChI is InChI=1S/C10H12INO4/c1-3-15-9(13)7-6(11)5-12-8(7)10(14)16-4-2/h5,12H,3-4H2,1-2H3. The smallest absolute Gasteiger partial charge is 0.355 e. The lowest BCUT2D eigenvalue weighted by molar-refractivity contribution is 0.0475. The first-order valence-electron chi connectivity index (χ1n) is 4.82. The van der Waals surface area contributed by atoms with E-state index in [1.54, 1.807) is 20.0 Å². The molecule has 1 aromatic heterocycles. The summed E-state index contributed by atoms with van der Waals surface area (Å²) in [5.41, 5.74) is 0.380. The van der Waals surface area contributed by atoms with Crippen molar-refractivity contribution in [2.24, 2.45) is 0 Å². The van der Waals surface area contributed by atoms with E-state index in [4.69, 9.17) is 9.47 Å². The van der Waals surface area contributed by atoms with Crippen molar-refractivity contribution in [3.05, 3.63) is 21.0 Å². The Morgan fingerprint density at radius 3 is 2.38 bits per heavy atom. The van der Waals surface area contributed by atoms with Gasteiger partial charge in [0.1, 0.15) is 11.3 Å². The van der Waals surface area contributed by atoms with Crippen molar-refractivity contribution < 1.29 is 19.1 Å². The summed E-state index contributed by atoms with van der Waals surface area (Å²) in [6.45, 7) is 3.94. The van der Waals surface area contributed by atoms with Crippen LogP contribution in [-0.4, -0.2) is 30.1 Å². The maximum absolute atomic E-state index is 11.6. The fraction of sp³-hybridized carbons (Fsp3) is 0.400. The summed E-state index contributed by atoms with van der Waals surface area (Å²) in [6.07, 6.45) is 1.57. The van der Waals surface area contributed by atoms with Gasteiger partial charge in [-0.05, 0) is 36.4 Å². The molecule has 16 heavy (non-hydrogen) atoms.